The topological polar surface area (TPSA) is 108 Å². The second-order valence-electron chi connectivity index (χ2n) is 6.07. The molecule has 0 amide bonds. The molecule has 0 unspecified atom stereocenters. The Morgan fingerprint density at radius 2 is 2.18 bits per heavy atom. The third-order valence-corrected chi connectivity index (χ3v) is 4.38. The molecule has 140 valence electrons. The molecular formula is C19H19N9. The lowest BCUT2D eigenvalue weighted by Gasteiger charge is -2.19. The minimum Gasteiger partial charge on any atom is -0.352 e. The molecule has 1 aliphatic rings. The molecular weight excluding hydrogens is 354 g/mol. The van der Waals surface area contributed by atoms with Crippen molar-refractivity contribution >= 4 is 22.9 Å². The molecule has 1 aliphatic heterocycles. The van der Waals surface area contributed by atoms with Gasteiger partial charge in [0, 0.05) is 19.3 Å². The Bertz CT molecular complexity index is 1030. The van der Waals surface area contributed by atoms with Gasteiger partial charge in [-0.15, -0.1) is 0 Å². The van der Waals surface area contributed by atoms with Gasteiger partial charge in [0.25, 0.3) is 0 Å². The highest BCUT2D eigenvalue weighted by molar-refractivity contribution is 5.90. The van der Waals surface area contributed by atoms with Gasteiger partial charge >= 0.3 is 0 Å². The normalized spacial score (nSPS) is 14.2. The number of hydrogen-bond acceptors (Lipinski definition) is 8. The van der Waals surface area contributed by atoms with Gasteiger partial charge in [-0.25, -0.2) is 15.0 Å². The molecule has 2 aromatic heterocycles. The molecule has 9 heteroatoms. The van der Waals surface area contributed by atoms with Gasteiger partial charge in [0.05, 0.1) is 23.6 Å². The Labute approximate surface area is 162 Å². The van der Waals surface area contributed by atoms with E-state index in [0.29, 0.717) is 30.3 Å². The van der Waals surface area contributed by atoms with Gasteiger partial charge in [-0.2, -0.15) is 10.4 Å². The van der Waals surface area contributed by atoms with Crippen LogP contribution in [0, 0.1) is 11.3 Å². The van der Waals surface area contributed by atoms with Crippen molar-refractivity contribution in [2.45, 2.75) is 13.5 Å². The van der Waals surface area contributed by atoms with Gasteiger partial charge in [0.1, 0.15) is 30.1 Å². The maximum atomic E-state index is 9.85. The SMILES string of the molecule is CCN1/C(=C(\C#N)c2ccnc(NCCn3cncn3)n2)Nc2ccccc21. The Kier molecular flexibility index (Phi) is 4.84. The van der Waals surface area contributed by atoms with Crippen LogP contribution in [0.1, 0.15) is 12.6 Å². The van der Waals surface area contributed by atoms with Gasteiger partial charge in [0.2, 0.25) is 5.95 Å². The number of nitrogens with one attached hydrogen (secondary N) is 2. The van der Waals surface area contributed by atoms with Crippen molar-refractivity contribution in [2.75, 3.05) is 28.6 Å². The summed E-state index contributed by atoms with van der Waals surface area (Å²) in [5, 5.41) is 20.4. The molecule has 0 saturated heterocycles. The molecule has 0 atom stereocenters. The second-order valence-corrected chi connectivity index (χ2v) is 6.07. The van der Waals surface area contributed by atoms with E-state index < -0.39 is 0 Å². The van der Waals surface area contributed by atoms with Gasteiger partial charge in [-0.3, -0.25) is 4.68 Å². The van der Waals surface area contributed by atoms with Crippen molar-refractivity contribution in [3.63, 3.8) is 0 Å². The molecule has 0 spiro atoms. The molecule has 0 saturated carbocycles. The lowest BCUT2D eigenvalue weighted by atomic mass is 10.2. The summed E-state index contributed by atoms with van der Waals surface area (Å²) in [6, 6.07) is 12.0. The monoisotopic (exact) mass is 373 g/mol. The van der Waals surface area contributed by atoms with Crippen LogP contribution in [-0.4, -0.2) is 37.8 Å². The van der Waals surface area contributed by atoms with Crippen molar-refractivity contribution in [1.82, 2.24) is 24.7 Å². The Hall–Kier alpha value is -3.93. The molecule has 4 rings (SSSR count). The number of para-hydroxylation sites is 2. The average molecular weight is 373 g/mol. The van der Waals surface area contributed by atoms with Crippen LogP contribution in [-0.2, 0) is 6.54 Å². The second kappa shape index (κ2) is 7.75. The molecule has 0 fully saturated rings. The molecule has 0 aliphatic carbocycles. The van der Waals surface area contributed by atoms with Crippen LogP contribution < -0.4 is 15.5 Å². The standard InChI is InChI=1S/C19H19N9/c1-2-28-17-6-4-3-5-16(17)25-18(28)14(11-20)15-7-8-22-19(26-15)23-9-10-27-13-21-12-24-27/h3-8,12-13,25H,2,9-10H2,1H3,(H,22,23,26)/b18-14+. The van der Waals surface area contributed by atoms with Crippen LogP contribution in [0.25, 0.3) is 5.57 Å². The lowest BCUT2D eigenvalue weighted by Crippen LogP contribution is -2.22. The van der Waals surface area contributed by atoms with Crippen molar-refractivity contribution in [1.29, 1.82) is 5.26 Å². The Morgan fingerprint density at radius 3 is 2.96 bits per heavy atom. The molecule has 28 heavy (non-hydrogen) atoms. The van der Waals surface area contributed by atoms with Crippen LogP contribution >= 0.6 is 0 Å². The maximum Gasteiger partial charge on any atom is 0.223 e. The molecule has 3 aromatic rings. The summed E-state index contributed by atoms with van der Waals surface area (Å²) in [4.78, 5) is 14.8. The van der Waals surface area contributed by atoms with E-state index in [2.05, 4.69) is 48.6 Å². The molecule has 2 N–H and O–H groups in total. The molecule has 9 nitrogen and oxygen atoms in total. The average Bonchev–Trinajstić information content (AvgIpc) is 3.36. The van der Waals surface area contributed by atoms with E-state index in [1.54, 1.807) is 23.3 Å². The van der Waals surface area contributed by atoms with E-state index >= 15 is 0 Å². The summed E-state index contributed by atoms with van der Waals surface area (Å²) < 4.78 is 1.72. The number of nitriles is 1. The zero-order valence-electron chi connectivity index (χ0n) is 15.4. The third kappa shape index (κ3) is 3.35. The van der Waals surface area contributed by atoms with Crippen molar-refractivity contribution in [3.05, 3.63) is 60.7 Å². The maximum absolute atomic E-state index is 9.85. The lowest BCUT2D eigenvalue weighted by molar-refractivity contribution is 0.634. The van der Waals surface area contributed by atoms with E-state index in [4.69, 9.17) is 0 Å². The van der Waals surface area contributed by atoms with Crippen LogP contribution in [0.15, 0.2) is 55.0 Å². The highest BCUT2D eigenvalue weighted by atomic mass is 15.3. The molecule has 1 aromatic carbocycles. The van der Waals surface area contributed by atoms with Gasteiger partial charge in [-0.1, -0.05) is 12.1 Å². The first-order valence-electron chi connectivity index (χ1n) is 8.98. The van der Waals surface area contributed by atoms with Crippen LogP contribution in [0.5, 0.6) is 0 Å². The van der Waals surface area contributed by atoms with Crippen molar-refractivity contribution in [2.24, 2.45) is 0 Å². The summed E-state index contributed by atoms with van der Waals surface area (Å²) in [6.07, 6.45) is 4.80. The van der Waals surface area contributed by atoms with Crippen LogP contribution in [0.2, 0.25) is 0 Å². The summed E-state index contributed by atoms with van der Waals surface area (Å²) >= 11 is 0. The van der Waals surface area contributed by atoms with Gasteiger partial charge < -0.3 is 15.5 Å². The quantitative estimate of drug-likeness (QED) is 0.634. The first kappa shape index (κ1) is 17.5. The number of nitrogens with zero attached hydrogens (tertiary/aromatic N) is 7. The first-order chi connectivity index (χ1) is 13.8. The van der Waals surface area contributed by atoms with Gasteiger partial charge in [-0.05, 0) is 25.1 Å². The van der Waals surface area contributed by atoms with Crippen molar-refractivity contribution < 1.29 is 0 Å². The fourth-order valence-electron chi connectivity index (χ4n) is 3.10. The largest absolute Gasteiger partial charge is 0.352 e. The highest BCUT2D eigenvalue weighted by Crippen LogP contribution is 2.38. The minimum atomic E-state index is 0.463. The number of benzene rings is 1. The Morgan fingerprint density at radius 1 is 1.29 bits per heavy atom. The van der Waals surface area contributed by atoms with E-state index in [0.717, 1.165) is 23.7 Å². The number of fused-ring (bicyclic) bond motifs is 1. The van der Waals surface area contributed by atoms with Crippen molar-refractivity contribution in [3.8, 4) is 6.07 Å². The van der Waals surface area contributed by atoms with Crippen LogP contribution in [0.3, 0.4) is 0 Å². The number of allylic oxidation sites excluding steroid dienone is 1. The predicted molar refractivity (Wildman–Crippen MR) is 106 cm³/mol. The number of anilines is 3. The molecule has 0 bridgehead atoms. The van der Waals surface area contributed by atoms with E-state index in [1.165, 1.54) is 6.33 Å². The highest BCUT2D eigenvalue weighted by Gasteiger charge is 2.26. The summed E-state index contributed by atoms with van der Waals surface area (Å²) in [6.45, 7) is 4.02. The fourth-order valence-corrected chi connectivity index (χ4v) is 3.10. The fraction of sp³-hybridized carbons (Fsp3) is 0.211. The van der Waals surface area contributed by atoms with E-state index in [1.807, 2.05) is 24.3 Å². The minimum absolute atomic E-state index is 0.463. The molecule has 3 heterocycles. The third-order valence-electron chi connectivity index (χ3n) is 4.38. The first-order valence-corrected chi connectivity index (χ1v) is 8.98. The smallest absolute Gasteiger partial charge is 0.223 e. The zero-order valence-corrected chi connectivity index (χ0v) is 15.4. The predicted octanol–water partition coefficient (Wildman–Crippen LogP) is 2.32. The summed E-state index contributed by atoms with van der Waals surface area (Å²) in [5.41, 5.74) is 3.06. The molecule has 0 radical (unpaired) electrons. The van der Waals surface area contributed by atoms with Crippen LogP contribution in [0.4, 0.5) is 17.3 Å². The Balaban J connectivity index is 1.58. The number of hydrogen-bond donors (Lipinski definition) is 2. The number of rotatable bonds is 6. The van der Waals surface area contributed by atoms with E-state index in [9.17, 15) is 5.26 Å². The number of aromatic nitrogens is 5. The van der Waals surface area contributed by atoms with Gasteiger partial charge in [0.15, 0.2) is 0 Å². The summed E-state index contributed by atoms with van der Waals surface area (Å²) in [7, 11) is 0. The summed E-state index contributed by atoms with van der Waals surface area (Å²) in [5.74, 6) is 1.20. The van der Waals surface area contributed by atoms with E-state index in [-0.39, 0.29) is 0 Å². The zero-order chi connectivity index (χ0) is 19.3.